The van der Waals surface area contributed by atoms with Gasteiger partial charge in [0, 0.05) is 15.0 Å². The van der Waals surface area contributed by atoms with Gasteiger partial charge in [-0.3, -0.25) is 0 Å². The number of benzene rings is 2. The molecule has 3 heteroatoms. The Morgan fingerprint density at radius 1 is 1.05 bits per heavy atom. The Kier molecular flexibility index (Phi) is 6.46. The van der Waals surface area contributed by atoms with E-state index in [9.17, 15) is 0 Å². The summed E-state index contributed by atoms with van der Waals surface area (Å²) in [5.41, 5.74) is 3.97. The summed E-state index contributed by atoms with van der Waals surface area (Å²) < 4.78 is 2.34. The Hall–Kier alpha value is -0.640. The fourth-order valence-corrected chi connectivity index (χ4v) is 3.21. The quantitative estimate of drug-likeness (QED) is 0.634. The maximum atomic E-state index is 3.75. The summed E-state index contributed by atoms with van der Waals surface area (Å²) in [5.74, 6) is 0. The Bertz CT molecular complexity index is 578. The van der Waals surface area contributed by atoms with Crippen LogP contribution in [0.3, 0.4) is 0 Å². The highest BCUT2D eigenvalue weighted by molar-refractivity contribution is 9.10. The topological polar surface area (TPSA) is 12.0 Å². The fourth-order valence-electron chi connectivity index (χ4n) is 2.41. The molecule has 2 rings (SSSR count). The fraction of sp³-hybridized carbons (Fsp3) is 0.333. The molecule has 0 aliphatic heterocycles. The predicted octanol–water partition coefficient (Wildman–Crippen LogP) is 5.80. The van der Waals surface area contributed by atoms with Crippen molar-refractivity contribution in [2.45, 2.75) is 32.7 Å². The van der Waals surface area contributed by atoms with Gasteiger partial charge >= 0.3 is 0 Å². The highest BCUT2D eigenvalue weighted by Crippen LogP contribution is 2.29. The minimum atomic E-state index is 0.334. The number of aryl methyl sites for hydroxylation is 1. The van der Waals surface area contributed by atoms with Gasteiger partial charge in [0.05, 0.1) is 0 Å². The van der Waals surface area contributed by atoms with Crippen LogP contribution in [0.15, 0.2) is 51.4 Å². The Morgan fingerprint density at radius 3 is 2.43 bits per heavy atom. The van der Waals surface area contributed by atoms with Gasteiger partial charge in [-0.15, -0.1) is 0 Å². The van der Waals surface area contributed by atoms with Crippen molar-refractivity contribution in [3.8, 4) is 0 Å². The molecule has 0 saturated carbocycles. The zero-order valence-electron chi connectivity index (χ0n) is 12.5. The Labute approximate surface area is 144 Å². The molecule has 0 aromatic heterocycles. The SMILES string of the molecule is CCCNC(Cc1ccc(Br)cc1)c1cccc(C)c1Br. The molecule has 0 fully saturated rings. The third kappa shape index (κ3) is 4.67. The van der Waals surface area contributed by atoms with Crippen molar-refractivity contribution in [2.75, 3.05) is 6.54 Å². The average molecular weight is 411 g/mol. The van der Waals surface area contributed by atoms with Crippen molar-refractivity contribution in [3.05, 3.63) is 68.1 Å². The van der Waals surface area contributed by atoms with E-state index in [0.717, 1.165) is 23.9 Å². The zero-order valence-corrected chi connectivity index (χ0v) is 15.7. The maximum Gasteiger partial charge on any atom is 0.0372 e. The van der Waals surface area contributed by atoms with E-state index in [1.54, 1.807) is 0 Å². The highest BCUT2D eigenvalue weighted by Gasteiger charge is 2.15. The largest absolute Gasteiger partial charge is 0.310 e. The molecule has 0 aliphatic carbocycles. The van der Waals surface area contributed by atoms with Crippen molar-refractivity contribution in [3.63, 3.8) is 0 Å². The second kappa shape index (κ2) is 8.11. The van der Waals surface area contributed by atoms with Crippen molar-refractivity contribution >= 4 is 31.9 Å². The molecule has 2 aromatic rings. The molecule has 0 amide bonds. The summed E-state index contributed by atoms with van der Waals surface area (Å²) in [6.07, 6.45) is 2.13. The van der Waals surface area contributed by atoms with Gasteiger partial charge in [0.2, 0.25) is 0 Å². The van der Waals surface area contributed by atoms with E-state index in [1.165, 1.54) is 21.2 Å². The molecule has 2 aromatic carbocycles. The van der Waals surface area contributed by atoms with E-state index in [4.69, 9.17) is 0 Å². The van der Waals surface area contributed by atoms with Gasteiger partial charge in [0.1, 0.15) is 0 Å². The molecule has 1 nitrogen and oxygen atoms in total. The van der Waals surface area contributed by atoms with Crippen LogP contribution in [0.25, 0.3) is 0 Å². The second-order valence-electron chi connectivity index (χ2n) is 5.32. The van der Waals surface area contributed by atoms with Crippen LogP contribution in [0, 0.1) is 6.92 Å². The van der Waals surface area contributed by atoms with Gasteiger partial charge < -0.3 is 5.32 Å². The molecule has 1 unspecified atom stereocenters. The van der Waals surface area contributed by atoms with Gasteiger partial charge in [-0.1, -0.05) is 69.1 Å². The summed E-state index contributed by atoms with van der Waals surface area (Å²) in [6, 6.07) is 15.4. The first kappa shape index (κ1) is 16.7. The van der Waals surface area contributed by atoms with Crippen LogP contribution < -0.4 is 5.32 Å². The summed E-state index contributed by atoms with van der Waals surface area (Å²) in [7, 11) is 0. The summed E-state index contributed by atoms with van der Waals surface area (Å²) in [4.78, 5) is 0. The van der Waals surface area contributed by atoms with E-state index in [1.807, 2.05) is 0 Å². The van der Waals surface area contributed by atoms with E-state index < -0.39 is 0 Å². The lowest BCUT2D eigenvalue weighted by Gasteiger charge is -2.21. The first-order valence-electron chi connectivity index (χ1n) is 7.34. The third-order valence-electron chi connectivity index (χ3n) is 3.59. The van der Waals surface area contributed by atoms with Crippen LogP contribution in [0.2, 0.25) is 0 Å². The van der Waals surface area contributed by atoms with Crippen molar-refractivity contribution in [1.82, 2.24) is 5.32 Å². The lowest BCUT2D eigenvalue weighted by Crippen LogP contribution is -2.24. The number of hydrogen-bond acceptors (Lipinski definition) is 1. The molecule has 1 atom stereocenters. The van der Waals surface area contributed by atoms with Crippen molar-refractivity contribution < 1.29 is 0 Å². The molecule has 0 aliphatic rings. The molecule has 1 N–H and O–H groups in total. The molecule has 0 saturated heterocycles. The van der Waals surface area contributed by atoms with E-state index in [2.05, 4.69) is 93.5 Å². The number of rotatable bonds is 6. The molecule has 0 bridgehead atoms. The van der Waals surface area contributed by atoms with E-state index >= 15 is 0 Å². The highest BCUT2D eigenvalue weighted by atomic mass is 79.9. The molecule has 0 radical (unpaired) electrons. The van der Waals surface area contributed by atoms with Gasteiger partial charge in [-0.05, 0) is 55.1 Å². The van der Waals surface area contributed by atoms with Crippen LogP contribution in [0.4, 0.5) is 0 Å². The van der Waals surface area contributed by atoms with Crippen LogP contribution in [-0.2, 0) is 6.42 Å². The second-order valence-corrected chi connectivity index (χ2v) is 7.02. The van der Waals surface area contributed by atoms with E-state index in [-0.39, 0.29) is 0 Å². The summed E-state index contributed by atoms with van der Waals surface area (Å²) in [5, 5.41) is 3.68. The summed E-state index contributed by atoms with van der Waals surface area (Å²) >= 11 is 7.25. The monoisotopic (exact) mass is 409 g/mol. The molecule has 21 heavy (non-hydrogen) atoms. The Balaban J connectivity index is 2.25. The van der Waals surface area contributed by atoms with Crippen LogP contribution in [0.5, 0.6) is 0 Å². The number of nitrogens with one attached hydrogen (secondary N) is 1. The first-order valence-corrected chi connectivity index (χ1v) is 8.93. The van der Waals surface area contributed by atoms with Gasteiger partial charge in [-0.2, -0.15) is 0 Å². The third-order valence-corrected chi connectivity index (χ3v) is 5.20. The van der Waals surface area contributed by atoms with Crippen LogP contribution in [0.1, 0.15) is 36.1 Å². The molecular weight excluding hydrogens is 390 g/mol. The Morgan fingerprint density at radius 2 is 1.76 bits per heavy atom. The van der Waals surface area contributed by atoms with Crippen molar-refractivity contribution in [2.24, 2.45) is 0 Å². The van der Waals surface area contributed by atoms with Crippen LogP contribution >= 0.6 is 31.9 Å². The standard InChI is InChI=1S/C18H21Br2N/c1-3-11-21-17(12-14-7-9-15(19)10-8-14)16-6-4-5-13(2)18(16)20/h4-10,17,21H,3,11-12H2,1-2H3. The smallest absolute Gasteiger partial charge is 0.0372 e. The number of hydrogen-bond donors (Lipinski definition) is 1. The molecule has 112 valence electrons. The summed E-state index contributed by atoms with van der Waals surface area (Å²) in [6.45, 7) is 5.38. The normalized spacial score (nSPS) is 12.4. The van der Waals surface area contributed by atoms with E-state index in [0.29, 0.717) is 6.04 Å². The van der Waals surface area contributed by atoms with Gasteiger partial charge in [0.15, 0.2) is 0 Å². The lowest BCUT2D eigenvalue weighted by atomic mass is 9.97. The maximum absolute atomic E-state index is 3.75. The van der Waals surface area contributed by atoms with Crippen LogP contribution in [-0.4, -0.2) is 6.54 Å². The predicted molar refractivity (Wildman–Crippen MR) is 97.8 cm³/mol. The van der Waals surface area contributed by atoms with Crippen molar-refractivity contribution in [1.29, 1.82) is 0 Å². The zero-order chi connectivity index (χ0) is 15.2. The first-order chi connectivity index (χ1) is 10.1. The molecule has 0 spiro atoms. The number of halogens is 2. The average Bonchev–Trinajstić information content (AvgIpc) is 2.48. The lowest BCUT2D eigenvalue weighted by molar-refractivity contribution is 0.527. The minimum absolute atomic E-state index is 0.334. The minimum Gasteiger partial charge on any atom is -0.310 e. The van der Waals surface area contributed by atoms with Gasteiger partial charge in [0.25, 0.3) is 0 Å². The molecular formula is C18H21Br2N. The molecule has 0 heterocycles. The van der Waals surface area contributed by atoms with Gasteiger partial charge in [-0.25, -0.2) is 0 Å².